The van der Waals surface area contributed by atoms with E-state index in [1.807, 2.05) is 78.7 Å². The fourth-order valence-electron chi connectivity index (χ4n) is 6.98. The summed E-state index contributed by atoms with van der Waals surface area (Å²) in [4.78, 5) is 50.6. The van der Waals surface area contributed by atoms with Crippen molar-refractivity contribution in [2.45, 2.75) is 37.9 Å². The maximum atomic E-state index is 14.8. The number of benzene rings is 4. The number of fused-ring (bicyclic) bond motifs is 1. The highest BCUT2D eigenvalue weighted by molar-refractivity contribution is 5.98. The summed E-state index contributed by atoms with van der Waals surface area (Å²) in [6, 6.07) is 29.6. The Morgan fingerprint density at radius 2 is 1.54 bits per heavy atom. The Morgan fingerprint density at radius 1 is 0.812 bits per heavy atom. The molecule has 3 amide bonds. The Morgan fingerprint density at radius 3 is 2.27 bits per heavy atom. The first-order valence-corrected chi connectivity index (χ1v) is 16.9. The van der Waals surface area contributed by atoms with Gasteiger partial charge in [0.2, 0.25) is 11.8 Å². The minimum atomic E-state index is -0.849. The van der Waals surface area contributed by atoms with Crippen molar-refractivity contribution in [2.24, 2.45) is 5.92 Å². The van der Waals surface area contributed by atoms with E-state index >= 15 is 0 Å². The van der Waals surface area contributed by atoms with Crippen molar-refractivity contribution in [2.75, 3.05) is 54.9 Å². The van der Waals surface area contributed by atoms with Gasteiger partial charge < -0.3 is 24.9 Å². The molecule has 48 heavy (non-hydrogen) atoms. The number of likely N-dealkylation sites (tertiary alicyclic amines) is 1. The molecule has 1 fully saturated rings. The number of amides is 3. The van der Waals surface area contributed by atoms with Gasteiger partial charge in [0.25, 0.3) is 5.91 Å². The summed E-state index contributed by atoms with van der Waals surface area (Å²) in [5, 5.41) is 5.31. The summed E-state index contributed by atoms with van der Waals surface area (Å²) in [5.74, 6) is -0.239. The SMILES string of the molecule is CNCc1cccc(C(=O)N(C)[C@H](Cc2ccc3ccccc3c2)C(=O)N(C)C(C(=O)N2CCC[C@@H](CN(C)C)C2)c2ccccc2)c1. The van der Waals surface area contributed by atoms with Crippen molar-refractivity contribution in [1.29, 1.82) is 0 Å². The van der Waals surface area contributed by atoms with E-state index in [9.17, 15) is 14.4 Å². The predicted molar refractivity (Wildman–Crippen MR) is 193 cm³/mol. The van der Waals surface area contributed by atoms with Crippen LogP contribution in [0.5, 0.6) is 0 Å². The monoisotopic (exact) mass is 647 g/mol. The van der Waals surface area contributed by atoms with Crippen LogP contribution < -0.4 is 5.32 Å². The van der Waals surface area contributed by atoms with Gasteiger partial charge in [-0.2, -0.15) is 0 Å². The maximum Gasteiger partial charge on any atom is 0.254 e. The Bertz CT molecular complexity index is 1710. The second-order valence-electron chi connectivity index (χ2n) is 13.4. The number of carbonyl (C=O) groups is 3. The first kappa shape index (κ1) is 34.8. The third kappa shape index (κ3) is 8.30. The lowest BCUT2D eigenvalue weighted by atomic mass is 9.95. The smallest absolute Gasteiger partial charge is 0.254 e. The lowest BCUT2D eigenvalue weighted by Gasteiger charge is -2.39. The highest BCUT2D eigenvalue weighted by atomic mass is 16.2. The number of likely N-dealkylation sites (N-methyl/N-ethyl adjacent to an activating group) is 2. The number of piperidine rings is 1. The molecule has 1 unspecified atom stereocenters. The normalized spacial score (nSPS) is 16.0. The second kappa shape index (κ2) is 16.0. The minimum Gasteiger partial charge on any atom is -0.340 e. The number of hydrogen-bond acceptors (Lipinski definition) is 5. The molecule has 252 valence electrons. The molecule has 3 atom stereocenters. The molecule has 0 spiro atoms. The molecule has 1 N–H and O–H groups in total. The molecule has 1 aliphatic heterocycles. The average molecular weight is 648 g/mol. The summed E-state index contributed by atoms with van der Waals surface area (Å²) in [5.41, 5.74) is 3.19. The zero-order chi connectivity index (χ0) is 34.2. The standard InChI is InChI=1S/C40H49N5O3/c1-41-26-30-13-11-19-35(24-30)38(46)43(4)36(25-29-20-21-32-15-9-10-18-34(32)23-29)39(47)44(5)37(33-16-7-6-8-17-33)40(48)45-22-12-14-31(28-45)27-42(2)3/h6-11,13,15-21,23-24,31,36-37,41H,12,14,22,25-28H2,1-5H3/t31-,36+,37?/m0/s1. The van der Waals surface area contributed by atoms with Crippen molar-refractivity contribution < 1.29 is 14.4 Å². The van der Waals surface area contributed by atoms with E-state index in [4.69, 9.17) is 0 Å². The first-order valence-electron chi connectivity index (χ1n) is 16.9. The summed E-state index contributed by atoms with van der Waals surface area (Å²) in [6.07, 6.45) is 2.30. The molecule has 4 aromatic rings. The van der Waals surface area contributed by atoms with Crippen LogP contribution in [0, 0.1) is 5.92 Å². The molecule has 8 nitrogen and oxygen atoms in total. The molecule has 0 aromatic heterocycles. The molecule has 1 aliphatic rings. The van der Waals surface area contributed by atoms with Crippen LogP contribution in [-0.4, -0.2) is 98.2 Å². The molecule has 1 heterocycles. The first-order chi connectivity index (χ1) is 23.2. The molecule has 0 bridgehead atoms. The highest BCUT2D eigenvalue weighted by Crippen LogP contribution is 2.28. The molecule has 0 aliphatic carbocycles. The van der Waals surface area contributed by atoms with Crippen molar-refractivity contribution in [1.82, 2.24) is 24.9 Å². The molecule has 4 aromatic carbocycles. The van der Waals surface area contributed by atoms with Crippen LogP contribution in [0.2, 0.25) is 0 Å². The van der Waals surface area contributed by atoms with Crippen molar-refractivity contribution >= 4 is 28.5 Å². The lowest BCUT2D eigenvalue weighted by molar-refractivity contribution is -0.148. The molecule has 5 rings (SSSR count). The molecular weight excluding hydrogens is 598 g/mol. The highest BCUT2D eigenvalue weighted by Gasteiger charge is 2.38. The second-order valence-corrected chi connectivity index (χ2v) is 13.4. The number of rotatable bonds is 12. The fraction of sp³-hybridized carbons (Fsp3) is 0.375. The van der Waals surface area contributed by atoms with Crippen LogP contribution >= 0.6 is 0 Å². The number of carbonyl (C=O) groups excluding carboxylic acids is 3. The van der Waals surface area contributed by atoms with Gasteiger partial charge in [-0.05, 0) is 79.5 Å². The molecule has 8 heteroatoms. The summed E-state index contributed by atoms with van der Waals surface area (Å²) in [7, 11) is 9.39. The molecule has 1 saturated heterocycles. The van der Waals surface area contributed by atoms with Gasteiger partial charge in [0.15, 0.2) is 0 Å². The van der Waals surface area contributed by atoms with Gasteiger partial charge in [0, 0.05) is 52.3 Å². The molecule has 0 radical (unpaired) electrons. The third-order valence-electron chi connectivity index (χ3n) is 9.41. The van der Waals surface area contributed by atoms with E-state index in [1.54, 1.807) is 30.0 Å². The Balaban J connectivity index is 1.50. The van der Waals surface area contributed by atoms with Gasteiger partial charge in [0.05, 0.1) is 0 Å². The number of hydrogen-bond donors (Lipinski definition) is 1. The topological polar surface area (TPSA) is 76.2 Å². The van der Waals surface area contributed by atoms with Crippen LogP contribution in [0.25, 0.3) is 10.8 Å². The van der Waals surface area contributed by atoms with Crippen molar-refractivity contribution in [3.8, 4) is 0 Å². The minimum absolute atomic E-state index is 0.0845. The van der Waals surface area contributed by atoms with Crippen LogP contribution in [-0.2, 0) is 22.6 Å². The van der Waals surface area contributed by atoms with Crippen LogP contribution in [0.1, 0.15) is 45.9 Å². The quantitative estimate of drug-likeness (QED) is 0.228. The maximum absolute atomic E-state index is 14.8. The van der Waals surface area contributed by atoms with Gasteiger partial charge in [-0.3, -0.25) is 14.4 Å². The third-order valence-corrected chi connectivity index (χ3v) is 9.41. The van der Waals surface area contributed by atoms with Crippen molar-refractivity contribution in [3.63, 3.8) is 0 Å². The Labute approximate surface area is 285 Å². The predicted octanol–water partition coefficient (Wildman–Crippen LogP) is 5.24. The lowest BCUT2D eigenvalue weighted by Crippen LogP contribution is -2.53. The molecular formula is C40H49N5O3. The zero-order valence-electron chi connectivity index (χ0n) is 28.9. The van der Waals surface area contributed by atoms with Gasteiger partial charge in [-0.25, -0.2) is 0 Å². The van der Waals surface area contributed by atoms with Crippen LogP contribution in [0.3, 0.4) is 0 Å². The van der Waals surface area contributed by atoms with Crippen LogP contribution in [0.4, 0.5) is 0 Å². The van der Waals surface area contributed by atoms with Crippen LogP contribution in [0.15, 0.2) is 97.1 Å². The Hall–Kier alpha value is -4.53. The van der Waals surface area contributed by atoms with E-state index in [0.29, 0.717) is 37.5 Å². The molecule has 0 saturated carbocycles. The van der Waals surface area contributed by atoms with E-state index < -0.39 is 12.1 Å². The van der Waals surface area contributed by atoms with Gasteiger partial charge in [-0.15, -0.1) is 0 Å². The van der Waals surface area contributed by atoms with E-state index in [2.05, 4.69) is 48.6 Å². The summed E-state index contributed by atoms with van der Waals surface area (Å²) < 4.78 is 0. The number of nitrogens with one attached hydrogen (secondary N) is 1. The summed E-state index contributed by atoms with van der Waals surface area (Å²) in [6.45, 7) is 2.85. The summed E-state index contributed by atoms with van der Waals surface area (Å²) >= 11 is 0. The Kier molecular flexibility index (Phi) is 11.6. The van der Waals surface area contributed by atoms with E-state index in [-0.39, 0.29) is 17.7 Å². The van der Waals surface area contributed by atoms with Crippen molar-refractivity contribution in [3.05, 3.63) is 119 Å². The zero-order valence-corrected chi connectivity index (χ0v) is 28.9. The van der Waals surface area contributed by atoms with E-state index in [1.165, 1.54) is 0 Å². The average Bonchev–Trinajstić information content (AvgIpc) is 3.10. The van der Waals surface area contributed by atoms with E-state index in [0.717, 1.165) is 46.8 Å². The van der Waals surface area contributed by atoms with Gasteiger partial charge in [-0.1, -0.05) is 84.9 Å². The van der Waals surface area contributed by atoms with Gasteiger partial charge in [0.1, 0.15) is 12.1 Å². The largest absolute Gasteiger partial charge is 0.340 e. The van der Waals surface area contributed by atoms with Gasteiger partial charge >= 0.3 is 0 Å². The fourth-order valence-corrected chi connectivity index (χ4v) is 6.98. The number of nitrogens with zero attached hydrogens (tertiary/aromatic N) is 4.